The molecule has 3 amide bonds. The number of likely N-dealkylation sites (tertiary alicyclic amines) is 1. The number of rotatable bonds is 7. The number of urea groups is 1. The normalized spacial score (nSPS) is 19.7. The average molecular weight is 432 g/mol. The minimum atomic E-state index is -0.105. The first kappa shape index (κ1) is 20.9. The van der Waals surface area contributed by atoms with Gasteiger partial charge in [0.1, 0.15) is 5.76 Å². The SMILES string of the molecule is O=C(NCc1ccco1)N1CCC(C(=O)N(Cc2cccs2)C[C@H]2CCCO2)CC1. The van der Waals surface area contributed by atoms with E-state index in [4.69, 9.17) is 9.15 Å². The Kier molecular flexibility index (Phi) is 7.07. The summed E-state index contributed by atoms with van der Waals surface area (Å²) in [5.74, 6) is 0.877. The van der Waals surface area contributed by atoms with Crippen molar-refractivity contribution in [1.82, 2.24) is 15.1 Å². The van der Waals surface area contributed by atoms with Crippen LogP contribution in [0.25, 0.3) is 0 Å². The van der Waals surface area contributed by atoms with E-state index in [0.29, 0.717) is 45.6 Å². The smallest absolute Gasteiger partial charge is 0.317 e. The lowest BCUT2D eigenvalue weighted by molar-refractivity contribution is -0.139. The Hall–Kier alpha value is -2.32. The summed E-state index contributed by atoms with van der Waals surface area (Å²) in [6, 6.07) is 7.63. The van der Waals surface area contributed by atoms with Gasteiger partial charge in [-0.1, -0.05) is 6.07 Å². The standard InChI is InChI=1S/C22H29N3O4S/c26-21(25(15-19-5-2-12-29-19)16-20-6-3-13-30-20)17-7-9-24(10-8-17)22(27)23-14-18-4-1-11-28-18/h1,3-4,6,11,13,17,19H,2,5,7-10,12,14-16H2,(H,23,27)/t19-/m1/s1. The van der Waals surface area contributed by atoms with Crippen molar-refractivity contribution >= 4 is 23.3 Å². The predicted molar refractivity (Wildman–Crippen MR) is 114 cm³/mol. The van der Waals surface area contributed by atoms with E-state index in [1.54, 1.807) is 28.6 Å². The number of amides is 3. The number of hydrogen-bond donors (Lipinski definition) is 1. The van der Waals surface area contributed by atoms with Crippen LogP contribution < -0.4 is 5.32 Å². The van der Waals surface area contributed by atoms with Gasteiger partial charge in [0.15, 0.2) is 0 Å². The molecule has 1 atom stereocenters. The summed E-state index contributed by atoms with van der Waals surface area (Å²) >= 11 is 1.68. The third-order valence-electron chi connectivity index (χ3n) is 5.81. The molecule has 30 heavy (non-hydrogen) atoms. The van der Waals surface area contributed by atoms with Crippen molar-refractivity contribution in [3.63, 3.8) is 0 Å². The molecule has 0 spiro atoms. The van der Waals surface area contributed by atoms with E-state index >= 15 is 0 Å². The molecule has 0 bridgehead atoms. The summed E-state index contributed by atoms with van der Waals surface area (Å²) in [5, 5.41) is 4.93. The van der Waals surface area contributed by atoms with Crippen LogP contribution in [0.15, 0.2) is 40.3 Å². The van der Waals surface area contributed by atoms with Gasteiger partial charge in [-0.15, -0.1) is 11.3 Å². The second-order valence-electron chi connectivity index (χ2n) is 7.93. The van der Waals surface area contributed by atoms with Gasteiger partial charge >= 0.3 is 6.03 Å². The lowest BCUT2D eigenvalue weighted by atomic mass is 9.95. The summed E-state index contributed by atoms with van der Waals surface area (Å²) in [6.45, 7) is 3.64. The Bertz CT molecular complexity index is 794. The zero-order valence-electron chi connectivity index (χ0n) is 17.1. The van der Waals surface area contributed by atoms with E-state index in [-0.39, 0.29) is 24.0 Å². The van der Waals surface area contributed by atoms with Gasteiger partial charge in [-0.05, 0) is 49.3 Å². The topological polar surface area (TPSA) is 75.0 Å². The van der Waals surface area contributed by atoms with Crippen LogP contribution in [0.1, 0.15) is 36.3 Å². The lowest BCUT2D eigenvalue weighted by Gasteiger charge is -2.35. The van der Waals surface area contributed by atoms with Crippen molar-refractivity contribution in [2.75, 3.05) is 26.2 Å². The number of ether oxygens (including phenoxy) is 1. The van der Waals surface area contributed by atoms with E-state index < -0.39 is 0 Å². The van der Waals surface area contributed by atoms with Crippen LogP contribution >= 0.6 is 11.3 Å². The minimum absolute atomic E-state index is 0.0412. The molecule has 4 rings (SSSR count). The second-order valence-corrected chi connectivity index (χ2v) is 8.96. The summed E-state index contributed by atoms with van der Waals surface area (Å²) in [7, 11) is 0. The number of nitrogens with one attached hydrogen (secondary N) is 1. The summed E-state index contributed by atoms with van der Waals surface area (Å²) < 4.78 is 11.0. The molecule has 2 aliphatic rings. The van der Waals surface area contributed by atoms with Gasteiger partial charge in [-0.3, -0.25) is 4.79 Å². The van der Waals surface area contributed by atoms with Crippen molar-refractivity contribution in [3.05, 3.63) is 46.5 Å². The molecule has 0 unspecified atom stereocenters. The third-order valence-corrected chi connectivity index (χ3v) is 6.67. The van der Waals surface area contributed by atoms with E-state index in [2.05, 4.69) is 11.4 Å². The fourth-order valence-corrected chi connectivity index (χ4v) is 4.85. The highest BCUT2D eigenvalue weighted by atomic mass is 32.1. The molecule has 1 N–H and O–H groups in total. The van der Waals surface area contributed by atoms with Crippen LogP contribution in [0, 0.1) is 5.92 Å². The minimum Gasteiger partial charge on any atom is -0.467 e. The van der Waals surface area contributed by atoms with E-state index in [0.717, 1.165) is 25.2 Å². The Morgan fingerprint density at radius 3 is 2.73 bits per heavy atom. The highest BCUT2D eigenvalue weighted by molar-refractivity contribution is 7.09. The quantitative estimate of drug-likeness (QED) is 0.728. The first-order valence-corrected chi connectivity index (χ1v) is 11.5. The molecule has 4 heterocycles. The van der Waals surface area contributed by atoms with Crippen LogP contribution in [0.2, 0.25) is 0 Å². The fourth-order valence-electron chi connectivity index (χ4n) is 4.13. The first-order chi connectivity index (χ1) is 14.7. The van der Waals surface area contributed by atoms with Gasteiger partial charge in [-0.25, -0.2) is 4.79 Å². The van der Waals surface area contributed by atoms with Crippen molar-refractivity contribution in [2.24, 2.45) is 5.92 Å². The Morgan fingerprint density at radius 1 is 1.20 bits per heavy atom. The van der Waals surface area contributed by atoms with Crippen LogP contribution in [0.3, 0.4) is 0 Å². The molecular formula is C22H29N3O4S. The molecule has 2 saturated heterocycles. The number of hydrogen-bond acceptors (Lipinski definition) is 5. The van der Waals surface area contributed by atoms with Gasteiger partial charge in [0, 0.05) is 37.0 Å². The number of carbonyl (C=O) groups is 2. The van der Waals surface area contributed by atoms with Crippen LogP contribution in [-0.4, -0.2) is 54.1 Å². The molecule has 2 fully saturated rings. The van der Waals surface area contributed by atoms with Gasteiger partial charge < -0.3 is 24.3 Å². The molecule has 0 aromatic carbocycles. The molecule has 162 valence electrons. The number of carbonyl (C=O) groups excluding carboxylic acids is 2. The summed E-state index contributed by atoms with van der Waals surface area (Å²) in [4.78, 5) is 30.7. The number of thiophene rings is 1. The van der Waals surface area contributed by atoms with Gasteiger partial charge in [0.05, 0.1) is 25.5 Å². The monoisotopic (exact) mass is 431 g/mol. The highest BCUT2D eigenvalue weighted by Crippen LogP contribution is 2.24. The van der Waals surface area contributed by atoms with E-state index in [1.165, 1.54) is 4.88 Å². The zero-order chi connectivity index (χ0) is 20.8. The number of piperidine rings is 1. The third kappa shape index (κ3) is 5.43. The lowest BCUT2D eigenvalue weighted by Crippen LogP contribution is -2.48. The van der Waals surface area contributed by atoms with Gasteiger partial charge in [0.2, 0.25) is 5.91 Å². The highest BCUT2D eigenvalue weighted by Gasteiger charge is 2.32. The Balaban J connectivity index is 1.29. The second kappa shape index (κ2) is 10.1. The fraction of sp³-hybridized carbons (Fsp3) is 0.545. The molecule has 7 nitrogen and oxygen atoms in total. The molecule has 2 aromatic heterocycles. The maximum absolute atomic E-state index is 13.3. The summed E-state index contributed by atoms with van der Waals surface area (Å²) in [5.41, 5.74) is 0. The van der Waals surface area contributed by atoms with Crippen molar-refractivity contribution in [1.29, 1.82) is 0 Å². The van der Waals surface area contributed by atoms with E-state index in [9.17, 15) is 9.59 Å². The number of furan rings is 1. The molecule has 2 aliphatic heterocycles. The van der Waals surface area contributed by atoms with Crippen LogP contribution in [-0.2, 0) is 22.6 Å². The largest absolute Gasteiger partial charge is 0.467 e. The van der Waals surface area contributed by atoms with Gasteiger partial charge in [-0.2, -0.15) is 0 Å². The molecule has 0 radical (unpaired) electrons. The van der Waals surface area contributed by atoms with Crippen molar-refractivity contribution in [3.8, 4) is 0 Å². The Morgan fingerprint density at radius 2 is 2.07 bits per heavy atom. The van der Waals surface area contributed by atoms with Crippen LogP contribution in [0.5, 0.6) is 0 Å². The van der Waals surface area contributed by atoms with Crippen molar-refractivity contribution in [2.45, 2.75) is 44.9 Å². The van der Waals surface area contributed by atoms with Gasteiger partial charge in [0.25, 0.3) is 0 Å². The maximum atomic E-state index is 13.3. The number of nitrogens with zero attached hydrogens (tertiary/aromatic N) is 2. The molecular weight excluding hydrogens is 402 g/mol. The maximum Gasteiger partial charge on any atom is 0.317 e. The van der Waals surface area contributed by atoms with Crippen molar-refractivity contribution < 1.29 is 18.7 Å². The predicted octanol–water partition coefficient (Wildman–Crippen LogP) is 3.47. The molecule has 0 aliphatic carbocycles. The zero-order valence-corrected chi connectivity index (χ0v) is 17.9. The molecule has 0 saturated carbocycles. The average Bonchev–Trinajstić information content (AvgIpc) is 3.55. The summed E-state index contributed by atoms with van der Waals surface area (Å²) in [6.07, 6.45) is 5.21. The first-order valence-electron chi connectivity index (χ1n) is 10.7. The molecule has 8 heteroatoms. The van der Waals surface area contributed by atoms with Crippen LogP contribution in [0.4, 0.5) is 4.79 Å². The Labute approximate surface area is 181 Å². The van der Waals surface area contributed by atoms with E-state index in [1.807, 2.05) is 22.4 Å². The molecule has 2 aromatic rings.